The lowest BCUT2D eigenvalue weighted by atomic mass is 10.0. The van der Waals surface area contributed by atoms with Gasteiger partial charge in [0.2, 0.25) is 5.91 Å². The van der Waals surface area contributed by atoms with Crippen molar-refractivity contribution in [3.8, 4) is 0 Å². The van der Waals surface area contributed by atoms with E-state index >= 15 is 0 Å². The second-order valence-electron chi connectivity index (χ2n) is 18.7. The zero-order valence-electron chi connectivity index (χ0n) is 40.7. The van der Waals surface area contributed by atoms with Gasteiger partial charge in [-0.2, -0.15) is 0 Å². The van der Waals surface area contributed by atoms with E-state index in [1.54, 1.807) is 0 Å². The maximum Gasteiger partial charge on any atom is 0.220 e. The van der Waals surface area contributed by atoms with Gasteiger partial charge in [-0.1, -0.05) is 275 Å². The van der Waals surface area contributed by atoms with Gasteiger partial charge in [-0.15, -0.1) is 0 Å². The highest BCUT2D eigenvalue weighted by molar-refractivity contribution is 5.76. The van der Waals surface area contributed by atoms with Gasteiger partial charge in [0, 0.05) is 6.42 Å². The van der Waals surface area contributed by atoms with Gasteiger partial charge in [-0.3, -0.25) is 4.79 Å². The van der Waals surface area contributed by atoms with E-state index in [0.29, 0.717) is 12.8 Å². The van der Waals surface area contributed by atoms with Crippen LogP contribution in [0.1, 0.15) is 296 Å². The number of hydrogen-bond acceptors (Lipinski definition) is 3. The third-order valence-electron chi connectivity index (χ3n) is 12.7. The van der Waals surface area contributed by atoms with Crippen molar-refractivity contribution < 1.29 is 15.0 Å². The number of carbonyl (C=O) groups is 1. The molecule has 4 heteroatoms. The van der Waals surface area contributed by atoms with E-state index in [1.807, 2.05) is 0 Å². The summed E-state index contributed by atoms with van der Waals surface area (Å²) in [7, 11) is 0. The summed E-state index contributed by atoms with van der Waals surface area (Å²) in [5.41, 5.74) is 0. The van der Waals surface area contributed by atoms with Crippen LogP contribution in [0.5, 0.6) is 0 Å². The normalized spacial score (nSPS) is 13.1. The monoisotopic (exact) mass is 842 g/mol. The summed E-state index contributed by atoms with van der Waals surface area (Å²) in [4.78, 5) is 12.5. The van der Waals surface area contributed by atoms with Gasteiger partial charge in [-0.05, 0) is 51.4 Å². The molecular weight excluding hydrogens is 735 g/mol. The number of unbranched alkanes of at least 4 members (excludes halogenated alkanes) is 37. The molecule has 0 fully saturated rings. The molecule has 0 aromatic heterocycles. The molecule has 0 aromatic carbocycles. The predicted molar refractivity (Wildman–Crippen MR) is 267 cm³/mol. The van der Waals surface area contributed by atoms with Crippen molar-refractivity contribution in [3.63, 3.8) is 0 Å². The minimum absolute atomic E-state index is 0.0301. The molecular formula is C56H107NO3. The van der Waals surface area contributed by atoms with E-state index in [1.165, 1.54) is 231 Å². The molecule has 2 unspecified atom stereocenters. The third-order valence-corrected chi connectivity index (χ3v) is 12.7. The molecule has 0 aromatic rings. The number of aliphatic hydroxyl groups excluding tert-OH is 2. The van der Waals surface area contributed by atoms with Crippen molar-refractivity contribution in [2.24, 2.45) is 0 Å². The van der Waals surface area contributed by atoms with Crippen LogP contribution in [0.2, 0.25) is 0 Å². The fourth-order valence-electron chi connectivity index (χ4n) is 8.49. The van der Waals surface area contributed by atoms with Crippen molar-refractivity contribution in [2.45, 2.75) is 309 Å². The van der Waals surface area contributed by atoms with E-state index in [9.17, 15) is 15.0 Å². The molecule has 0 aliphatic heterocycles. The Labute approximate surface area is 376 Å². The molecule has 0 rings (SSSR count). The first-order chi connectivity index (χ1) is 29.7. The van der Waals surface area contributed by atoms with Gasteiger partial charge in [0.05, 0.1) is 18.8 Å². The standard InChI is InChI=1S/C56H107NO3/c1-3-5-7-9-11-13-15-17-19-21-23-25-26-27-28-29-30-32-34-36-38-40-42-44-46-48-50-52-56(60)57-54(53-58)55(59)51-49-47-45-43-41-39-37-35-33-31-24-22-20-18-16-14-12-10-8-6-4-2/h15,17,21,23,26-27,54-55,58-59H,3-14,16,18-20,22,24-25,28-53H2,1-2H3,(H,57,60)/b17-15-,23-21-,27-26-. The van der Waals surface area contributed by atoms with Crippen LogP contribution in [0.25, 0.3) is 0 Å². The van der Waals surface area contributed by atoms with Crippen LogP contribution in [-0.4, -0.2) is 34.9 Å². The largest absolute Gasteiger partial charge is 0.394 e. The van der Waals surface area contributed by atoms with Gasteiger partial charge in [0.25, 0.3) is 0 Å². The zero-order valence-corrected chi connectivity index (χ0v) is 40.7. The van der Waals surface area contributed by atoms with Crippen molar-refractivity contribution in [3.05, 3.63) is 36.5 Å². The molecule has 0 bridgehead atoms. The lowest BCUT2D eigenvalue weighted by Crippen LogP contribution is -2.45. The summed E-state index contributed by atoms with van der Waals surface area (Å²) in [6, 6.07) is -0.538. The quantitative estimate of drug-likeness (QED) is 0.0422. The Kier molecular flexibility index (Phi) is 50.8. The first-order valence-electron chi connectivity index (χ1n) is 27.2. The number of aliphatic hydroxyl groups is 2. The minimum atomic E-state index is -0.661. The summed E-state index contributed by atoms with van der Waals surface area (Å²) in [6.45, 7) is 4.37. The molecule has 0 saturated heterocycles. The molecule has 2 atom stereocenters. The lowest BCUT2D eigenvalue weighted by molar-refractivity contribution is -0.123. The third kappa shape index (κ3) is 47.7. The molecule has 3 N–H and O–H groups in total. The fraction of sp³-hybridized carbons (Fsp3) is 0.875. The fourth-order valence-corrected chi connectivity index (χ4v) is 8.49. The molecule has 1 amide bonds. The Morgan fingerprint density at radius 1 is 0.400 bits per heavy atom. The van der Waals surface area contributed by atoms with E-state index < -0.39 is 12.1 Å². The summed E-state index contributed by atoms with van der Waals surface area (Å²) in [5.74, 6) is -0.0301. The Hall–Kier alpha value is -1.39. The molecule has 0 radical (unpaired) electrons. The predicted octanol–water partition coefficient (Wildman–Crippen LogP) is 17.7. The lowest BCUT2D eigenvalue weighted by Gasteiger charge is -2.22. The Balaban J connectivity index is 3.47. The number of amides is 1. The van der Waals surface area contributed by atoms with E-state index in [-0.39, 0.29) is 12.5 Å². The van der Waals surface area contributed by atoms with Crippen molar-refractivity contribution >= 4 is 5.91 Å². The molecule has 0 saturated carbocycles. The molecule has 0 aliphatic rings. The van der Waals surface area contributed by atoms with Crippen LogP contribution < -0.4 is 5.32 Å². The van der Waals surface area contributed by atoms with E-state index in [2.05, 4.69) is 55.6 Å². The van der Waals surface area contributed by atoms with Crippen LogP contribution in [0.15, 0.2) is 36.5 Å². The summed E-state index contributed by atoms with van der Waals surface area (Å²) < 4.78 is 0. The number of carbonyl (C=O) groups excluding carboxylic acids is 1. The Bertz CT molecular complexity index is 912. The summed E-state index contributed by atoms with van der Waals surface area (Å²) >= 11 is 0. The van der Waals surface area contributed by atoms with Gasteiger partial charge < -0.3 is 15.5 Å². The smallest absolute Gasteiger partial charge is 0.220 e. The summed E-state index contributed by atoms with van der Waals surface area (Å²) in [5, 5.41) is 23.3. The van der Waals surface area contributed by atoms with Crippen LogP contribution in [-0.2, 0) is 4.79 Å². The highest BCUT2D eigenvalue weighted by Crippen LogP contribution is 2.17. The first-order valence-corrected chi connectivity index (χ1v) is 27.2. The average molecular weight is 842 g/mol. The van der Waals surface area contributed by atoms with Crippen LogP contribution >= 0.6 is 0 Å². The highest BCUT2D eigenvalue weighted by Gasteiger charge is 2.20. The van der Waals surface area contributed by atoms with Crippen molar-refractivity contribution in [2.75, 3.05) is 6.61 Å². The number of allylic oxidation sites excluding steroid dienone is 6. The van der Waals surface area contributed by atoms with Crippen LogP contribution in [0.3, 0.4) is 0 Å². The van der Waals surface area contributed by atoms with Crippen molar-refractivity contribution in [1.29, 1.82) is 0 Å². The van der Waals surface area contributed by atoms with Crippen LogP contribution in [0, 0.1) is 0 Å². The number of nitrogens with one attached hydrogen (secondary N) is 1. The van der Waals surface area contributed by atoms with E-state index in [0.717, 1.165) is 38.5 Å². The molecule has 4 nitrogen and oxygen atoms in total. The topological polar surface area (TPSA) is 69.6 Å². The average Bonchev–Trinajstić information content (AvgIpc) is 3.25. The minimum Gasteiger partial charge on any atom is -0.394 e. The maximum absolute atomic E-state index is 12.5. The Morgan fingerprint density at radius 2 is 0.683 bits per heavy atom. The molecule has 354 valence electrons. The second kappa shape index (κ2) is 52.0. The molecule has 60 heavy (non-hydrogen) atoms. The van der Waals surface area contributed by atoms with Gasteiger partial charge in [0.15, 0.2) is 0 Å². The first kappa shape index (κ1) is 58.6. The number of rotatable bonds is 50. The van der Waals surface area contributed by atoms with Gasteiger partial charge in [0.1, 0.15) is 0 Å². The Morgan fingerprint density at radius 3 is 1.02 bits per heavy atom. The maximum atomic E-state index is 12.5. The van der Waals surface area contributed by atoms with Crippen molar-refractivity contribution in [1.82, 2.24) is 5.32 Å². The highest BCUT2D eigenvalue weighted by atomic mass is 16.3. The van der Waals surface area contributed by atoms with E-state index in [4.69, 9.17) is 0 Å². The number of hydrogen-bond donors (Lipinski definition) is 3. The molecule has 0 spiro atoms. The summed E-state index contributed by atoms with van der Waals surface area (Å²) in [6.07, 6.45) is 69.7. The second-order valence-corrected chi connectivity index (χ2v) is 18.7. The van der Waals surface area contributed by atoms with Crippen LogP contribution in [0.4, 0.5) is 0 Å². The SMILES string of the molecule is CCCCCCC/C=C\C/C=C\C/C=C\CCCCCCCCCCCCCCC(=O)NC(CO)C(O)CCCCCCCCCCCCCCCCCCCCCCC. The van der Waals surface area contributed by atoms with Gasteiger partial charge >= 0.3 is 0 Å². The zero-order chi connectivity index (χ0) is 43.5. The molecule has 0 heterocycles. The molecule has 0 aliphatic carbocycles. The van der Waals surface area contributed by atoms with Gasteiger partial charge in [-0.25, -0.2) is 0 Å².